The summed E-state index contributed by atoms with van der Waals surface area (Å²) in [6, 6.07) is 14.2. The summed E-state index contributed by atoms with van der Waals surface area (Å²) >= 11 is 2.82. The van der Waals surface area contributed by atoms with Gasteiger partial charge in [-0.05, 0) is 29.8 Å². The Morgan fingerprint density at radius 2 is 1.96 bits per heavy atom. The second kappa shape index (κ2) is 9.01. The zero-order valence-electron chi connectivity index (χ0n) is 15.2. The van der Waals surface area contributed by atoms with E-state index in [-0.39, 0.29) is 24.2 Å². The Morgan fingerprint density at radius 1 is 1.19 bits per heavy atom. The van der Waals surface area contributed by atoms with Crippen LogP contribution in [0.15, 0.2) is 52.7 Å². The average Bonchev–Trinajstić information content (AvgIpc) is 3.13. The molecule has 0 aliphatic heterocycles. The van der Waals surface area contributed by atoms with E-state index in [1.165, 1.54) is 35.4 Å². The number of thioether (sulfide) groups is 1. The van der Waals surface area contributed by atoms with Gasteiger partial charge in [-0.25, -0.2) is 4.98 Å². The fraction of sp³-hybridized carbons (Fsp3) is 0.250. The number of rotatable bonds is 7. The number of nitrogens with zero attached hydrogens (tertiary/aromatic N) is 2. The van der Waals surface area contributed by atoms with Crippen LogP contribution in [-0.2, 0) is 20.9 Å². The lowest BCUT2D eigenvalue weighted by molar-refractivity contribution is -0.141. The summed E-state index contributed by atoms with van der Waals surface area (Å²) in [7, 11) is 0. The first-order valence-corrected chi connectivity index (χ1v) is 10.4. The fourth-order valence-electron chi connectivity index (χ4n) is 2.57. The highest BCUT2D eigenvalue weighted by Crippen LogP contribution is 2.24. The number of carbonyl (C=O) groups excluding carboxylic acids is 2. The van der Waals surface area contributed by atoms with Crippen LogP contribution in [0, 0.1) is 0 Å². The Balaban J connectivity index is 1.51. The van der Waals surface area contributed by atoms with E-state index in [0.29, 0.717) is 17.4 Å². The molecule has 0 saturated heterocycles. The number of aromatic nitrogens is 1. The third kappa shape index (κ3) is 5.08. The number of hydrogen-bond acceptors (Lipinski definition) is 6. The van der Waals surface area contributed by atoms with Crippen LogP contribution in [0.4, 0.5) is 5.13 Å². The van der Waals surface area contributed by atoms with Gasteiger partial charge in [0.05, 0.1) is 11.4 Å². The molecule has 3 aromatic rings. The lowest BCUT2D eigenvalue weighted by atomic mass is 10.1. The van der Waals surface area contributed by atoms with Crippen molar-refractivity contribution in [2.45, 2.75) is 25.3 Å². The highest BCUT2D eigenvalue weighted by molar-refractivity contribution is 8.00. The van der Waals surface area contributed by atoms with Crippen molar-refractivity contribution < 1.29 is 14.3 Å². The summed E-state index contributed by atoms with van der Waals surface area (Å²) in [5.74, 6) is -0.104. The van der Waals surface area contributed by atoms with Gasteiger partial charge in [-0.2, -0.15) is 0 Å². The van der Waals surface area contributed by atoms with Crippen molar-refractivity contribution in [1.82, 2.24) is 4.98 Å². The summed E-state index contributed by atoms with van der Waals surface area (Å²) in [6.07, 6.45) is 0. The van der Waals surface area contributed by atoms with Crippen molar-refractivity contribution in [2.24, 2.45) is 0 Å². The van der Waals surface area contributed by atoms with Crippen LogP contribution < -0.4 is 4.90 Å². The van der Waals surface area contributed by atoms with Crippen LogP contribution in [0.1, 0.15) is 19.5 Å². The maximum Gasteiger partial charge on any atom is 0.316 e. The molecule has 2 aromatic carbocycles. The van der Waals surface area contributed by atoms with Gasteiger partial charge in [0.25, 0.3) is 0 Å². The molecule has 0 fully saturated rings. The minimum Gasteiger partial charge on any atom is -0.459 e. The minimum atomic E-state index is -0.290. The molecule has 27 heavy (non-hydrogen) atoms. The van der Waals surface area contributed by atoms with Crippen LogP contribution in [-0.4, -0.2) is 29.2 Å². The molecule has 7 heteroatoms. The van der Waals surface area contributed by atoms with Crippen LogP contribution >= 0.6 is 23.1 Å². The molecular weight excluding hydrogens is 380 g/mol. The van der Waals surface area contributed by atoms with Crippen LogP contribution in [0.5, 0.6) is 0 Å². The van der Waals surface area contributed by atoms with Gasteiger partial charge in [0, 0.05) is 23.7 Å². The third-order valence-electron chi connectivity index (χ3n) is 3.93. The molecule has 0 spiro atoms. The number of carbonyl (C=O) groups is 2. The van der Waals surface area contributed by atoms with E-state index in [9.17, 15) is 9.59 Å². The minimum absolute atomic E-state index is 0.0535. The second-order valence-corrected chi connectivity index (χ2v) is 7.73. The molecule has 3 rings (SSSR count). The standard InChI is InChI=1S/C20H20N2O3S2/c1-3-22(14(2)23)20-21-17(12-27-20)11-25-19(24)13-26-18-9-8-15-6-4-5-7-16(15)10-18/h4-10,12H,3,11,13H2,1-2H3. The predicted octanol–water partition coefficient (Wildman–Crippen LogP) is 4.50. The largest absolute Gasteiger partial charge is 0.459 e. The Bertz CT molecular complexity index is 955. The SMILES string of the molecule is CCN(C(C)=O)c1nc(COC(=O)CSc2ccc3ccccc3c2)cs1. The Kier molecular flexibility index (Phi) is 6.47. The Morgan fingerprint density at radius 3 is 2.70 bits per heavy atom. The third-order valence-corrected chi connectivity index (χ3v) is 5.81. The Labute approximate surface area is 166 Å². The summed E-state index contributed by atoms with van der Waals surface area (Å²) in [5.41, 5.74) is 0.652. The number of ether oxygens (including phenoxy) is 1. The quantitative estimate of drug-likeness (QED) is 0.432. The normalized spacial score (nSPS) is 10.7. The topological polar surface area (TPSA) is 59.5 Å². The van der Waals surface area contributed by atoms with Crippen LogP contribution in [0.25, 0.3) is 10.8 Å². The lowest BCUT2D eigenvalue weighted by Crippen LogP contribution is -2.27. The van der Waals surface area contributed by atoms with Gasteiger partial charge in [0.2, 0.25) is 5.91 Å². The van der Waals surface area contributed by atoms with E-state index < -0.39 is 0 Å². The van der Waals surface area contributed by atoms with E-state index in [0.717, 1.165) is 10.3 Å². The van der Waals surface area contributed by atoms with Gasteiger partial charge in [-0.1, -0.05) is 30.3 Å². The number of hydrogen-bond donors (Lipinski definition) is 0. The summed E-state index contributed by atoms with van der Waals surface area (Å²) in [4.78, 5) is 30.6. The van der Waals surface area contributed by atoms with E-state index in [1.807, 2.05) is 36.6 Å². The van der Waals surface area contributed by atoms with E-state index in [2.05, 4.69) is 23.2 Å². The van der Waals surface area contributed by atoms with Gasteiger partial charge < -0.3 is 4.74 Å². The van der Waals surface area contributed by atoms with Crippen molar-refractivity contribution in [2.75, 3.05) is 17.2 Å². The summed E-state index contributed by atoms with van der Waals surface area (Å²) < 4.78 is 5.31. The smallest absolute Gasteiger partial charge is 0.316 e. The number of esters is 1. The molecule has 0 atom stereocenters. The van der Waals surface area contributed by atoms with Gasteiger partial charge in [0.15, 0.2) is 5.13 Å². The van der Waals surface area contributed by atoms with Crippen molar-refractivity contribution in [3.05, 3.63) is 53.5 Å². The van der Waals surface area contributed by atoms with E-state index in [1.54, 1.807) is 4.90 Å². The van der Waals surface area contributed by atoms with Crippen molar-refractivity contribution in [3.63, 3.8) is 0 Å². The lowest BCUT2D eigenvalue weighted by Gasteiger charge is -2.14. The molecule has 0 aliphatic rings. The fourth-order valence-corrected chi connectivity index (χ4v) is 4.23. The first-order valence-electron chi connectivity index (χ1n) is 8.56. The zero-order chi connectivity index (χ0) is 19.2. The summed E-state index contributed by atoms with van der Waals surface area (Å²) in [5, 5.41) is 4.76. The molecular formula is C20H20N2O3S2. The van der Waals surface area contributed by atoms with Crippen LogP contribution in [0.3, 0.4) is 0 Å². The van der Waals surface area contributed by atoms with Gasteiger partial charge in [-0.15, -0.1) is 23.1 Å². The van der Waals surface area contributed by atoms with Gasteiger partial charge in [0.1, 0.15) is 6.61 Å². The molecule has 1 heterocycles. The molecule has 1 amide bonds. The second-order valence-electron chi connectivity index (χ2n) is 5.84. The predicted molar refractivity (Wildman–Crippen MR) is 110 cm³/mol. The maximum atomic E-state index is 12.0. The molecule has 5 nitrogen and oxygen atoms in total. The molecule has 0 radical (unpaired) electrons. The average molecular weight is 401 g/mol. The summed E-state index contributed by atoms with van der Waals surface area (Å²) in [6.45, 7) is 4.08. The van der Waals surface area contributed by atoms with Crippen LogP contribution in [0.2, 0.25) is 0 Å². The first-order chi connectivity index (χ1) is 13.1. The highest BCUT2D eigenvalue weighted by atomic mass is 32.2. The molecule has 1 aromatic heterocycles. The monoisotopic (exact) mass is 400 g/mol. The number of benzene rings is 2. The zero-order valence-corrected chi connectivity index (χ0v) is 16.8. The molecule has 0 aliphatic carbocycles. The van der Waals surface area contributed by atoms with Crippen molar-refractivity contribution in [1.29, 1.82) is 0 Å². The molecule has 0 unspecified atom stereocenters. The van der Waals surface area contributed by atoms with E-state index >= 15 is 0 Å². The number of amides is 1. The van der Waals surface area contributed by atoms with Gasteiger partial charge in [-0.3, -0.25) is 14.5 Å². The molecule has 0 saturated carbocycles. The number of anilines is 1. The molecule has 140 valence electrons. The number of thiazole rings is 1. The van der Waals surface area contributed by atoms with Gasteiger partial charge >= 0.3 is 5.97 Å². The van der Waals surface area contributed by atoms with Crippen molar-refractivity contribution in [3.8, 4) is 0 Å². The van der Waals surface area contributed by atoms with E-state index in [4.69, 9.17) is 4.74 Å². The van der Waals surface area contributed by atoms with Crippen molar-refractivity contribution >= 4 is 50.9 Å². The highest BCUT2D eigenvalue weighted by Gasteiger charge is 2.14. The molecule has 0 bridgehead atoms. The maximum absolute atomic E-state index is 12.0. The molecule has 0 N–H and O–H groups in total. The first kappa shape index (κ1) is 19.4. The number of fused-ring (bicyclic) bond motifs is 1. The Hall–Kier alpha value is -2.38.